The van der Waals surface area contributed by atoms with E-state index in [-0.39, 0.29) is 11.6 Å². The number of esters is 1. The molecule has 0 aromatic heterocycles. The molecule has 8 heteroatoms. The first-order valence-electron chi connectivity index (χ1n) is 9.37. The van der Waals surface area contributed by atoms with E-state index < -0.39 is 18.5 Å². The number of hydrogen-bond donors (Lipinski definition) is 1. The van der Waals surface area contributed by atoms with Gasteiger partial charge in [0, 0.05) is 5.56 Å². The third-order valence-corrected chi connectivity index (χ3v) is 3.96. The first kappa shape index (κ1) is 20.9. The fourth-order valence-electron chi connectivity index (χ4n) is 2.68. The van der Waals surface area contributed by atoms with Crippen LogP contribution in [-0.4, -0.2) is 42.8 Å². The zero-order chi connectivity index (χ0) is 21.5. The van der Waals surface area contributed by atoms with Gasteiger partial charge in [0.2, 0.25) is 5.90 Å². The quantitative estimate of drug-likeness (QED) is 0.499. The fraction of sp³-hybridized carbons (Fsp3) is 0.227. The summed E-state index contributed by atoms with van der Waals surface area (Å²) in [5.74, 6) is 0.118. The summed E-state index contributed by atoms with van der Waals surface area (Å²) in [6.45, 7) is 4.30. The molecule has 0 spiro atoms. The monoisotopic (exact) mass is 411 g/mol. The van der Waals surface area contributed by atoms with Crippen LogP contribution in [0.25, 0.3) is 6.08 Å². The summed E-state index contributed by atoms with van der Waals surface area (Å²) in [5.41, 5.74) is 1.43. The SMILES string of the molecule is CCOc1ccc(C2=N/C(=C\c3ccc(OCC(=O)O)cc3)C(=O)O2)cc1OCC. The normalized spacial score (nSPS) is 14.3. The first-order chi connectivity index (χ1) is 14.5. The van der Waals surface area contributed by atoms with Crippen molar-refractivity contribution in [1.82, 2.24) is 0 Å². The number of carbonyl (C=O) groups excluding carboxylic acids is 1. The van der Waals surface area contributed by atoms with Gasteiger partial charge in [0.1, 0.15) is 5.75 Å². The van der Waals surface area contributed by atoms with Gasteiger partial charge >= 0.3 is 11.9 Å². The van der Waals surface area contributed by atoms with Crippen molar-refractivity contribution in [2.24, 2.45) is 4.99 Å². The smallest absolute Gasteiger partial charge is 0.363 e. The van der Waals surface area contributed by atoms with Gasteiger partial charge in [-0.25, -0.2) is 14.6 Å². The minimum atomic E-state index is -1.06. The van der Waals surface area contributed by atoms with Crippen molar-refractivity contribution in [1.29, 1.82) is 0 Å². The molecular weight excluding hydrogens is 390 g/mol. The molecule has 3 rings (SSSR count). The summed E-state index contributed by atoms with van der Waals surface area (Å²) in [7, 11) is 0. The Morgan fingerprint density at radius 2 is 1.73 bits per heavy atom. The van der Waals surface area contributed by atoms with Crippen LogP contribution in [0.2, 0.25) is 0 Å². The predicted molar refractivity (Wildman–Crippen MR) is 109 cm³/mol. The summed E-state index contributed by atoms with van der Waals surface area (Å²) in [6.07, 6.45) is 1.58. The molecule has 0 amide bonds. The van der Waals surface area contributed by atoms with Crippen LogP contribution >= 0.6 is 0 Å². The Morgan fingerprint density at radius 3 is 2.40 bits per heavy atom. The standard InChI is InChI=1S/C22H21NO7/c1-3-27-18-10-7-15(12-19(18)28-4-2)21-23-17(22(26)30-21)11-14-5-8-16(9-6-14)29-13-20(24)25/h5-12H,3-4,13H2,1-2H3,(H,24,25)/b17-11-. The topological polar surface area (TPSA) is 104 Å². The van der Waals surface area contributed by atoms with E-state index in [0.29, 0.717) is 41.6 Å². The summed E-state index contributed by atoms with van der Waals surface area (Å²) >= 11 is 0. The second-order valence-corrected chi connectivity index (χ2v) is 6.12. The summed E-state index contributed by atoms with van der Waals surface area (Å²) in [6, 6.07) is 11.8. The number of aliphatic carboxylic acids is 1. The fourth-order valence-corrected chi connectivity index (χ4v) is 2.68. The van der Waals surface area contributed by atoms with Gasteiger partial charge in [-0.1, -0.05) is 12.1 Å². The predicted octanol–water partition coefficient (Wildman–Crippen LogP) is 3.29. The van der Waals surface area contributed by atoms with Gasteiger partial charge in [-0.15, -0.1) is 0 Å². The van der Waals surface area contributed by atoms with Crippen molar-refractivity contribution in [2.45, 2.75) is 13.8 Å². The highest BCUT2D eigenvalue weighted by Crippen LogP contribution is 2.30. The Hall–Kier alpha value is -3.81. The molecular formula is C22H21NO7. The molecule has 0 unspecified atom stereocenters. The molecule has 0 fully saturated rings. The molecule has 0 saturated heterocycles. The molecule has 0 radical (unpaired) electrons. The number of carbonyl (C=O) groups is 2. The maximum atomic E-state index is 12.2. The number of benzene rings is 2. The zero-order valence-electron chi connectivity index (χ0n) is 16.6. The Morgan fingerprint density at radius 1 is 1.03 bits per heavy atom. The second kappa shape index (κ2) is 9.60. The van der Waals surface area contributed by atoms with Crippen LogP contribution in [0, 0.1) is 0 Å². The molecule has 1 aliphatic heterocycles. The molecule has 30 heavy (non-hydrogen) atoms. The Kier molecular flexibility index (Phi) is 6.69. The van der Waals surface area contributed by atoms with Gasteiger partial charge in [0.25, 0.3) is 0 Å². The van der Waals surface area contributed by atoms with Crippen molar-refractivity contribution >= 4 is 23.9 Å². The van der Waals surface area contributed by atoms with Gasteiger partial charge in [-0.05, 0) is 55.8 Å². The number of aliphatic imine (C=N–C) groups is 1. The van der Waals surface area contributed by atoms with E-state index in [0.717, 1.165) is 0 Å². The molecule has 1 aliphatic rings. The van der Waals surface area contributed by atoms with Crippen LogP contribution in [-0.2, 0) is 14.3 Å². The molecule has 1 N–H and O–H groups in total. The zero-order valence-corrected chi connectivity index (χ0v) is 16.6. The highest BCUT2D eigenvalue weighted by atomic mass is 16.6. The van der Waals surface area contributed by atoms with Crippen molar-refractivity contribution in [3.8, 4) is 17.2 Å². The third-order valence-electron chi connectivity index (χ3n) is 3.96. The van der Waals surface area contributed by atoms with E-state index in [1.807, 2.05) is 13.8 Å². The number of hydrogen-bond acceptors (Lipinski definition) is 7. The van der Waals surface area contributed by atoms with E-state index in [2.05, 4.69) is 4.99 Å². The number of nitrogens with zero attached hydrogens (tertiary/aromatic N) is 1. The molecule has 1 heterocycles. The van der Waals surface area contributed by atoms with Crippen LogP contribution in [0.3, 0.4) is 0 Å². The number of ether oxygens (including phenoxy) is 4. The average Bonchev–Trinajstić information content (AvgIpc) is 3.09. The maximum Gasteiger partial charge on any atom is 0.363 e. The molecule has 8 nitrogen and oxygen atoms in total. The minimum Gasteiger partial charge on any atom is -0.490 e. The Balaban J connectivity index is 1.80. The van der Waals surface area contributed by atoms with Gasteiger partial charge in [0.05, 0.1) is 13.2 Å². The molecule has 0 aliphatic carbocycles. The Labute approximate surface area is 173 Å². The van der Waals surface area contributed by atoms with Gasteiger partial charge in [0.15, 0.2) is 23.8 Å². The molecule has 0 atom stereocenters. The van der Waals surface area contributed by atoms with Crippen LogP contribution in [0.5, 0.6) is 17.2 Å². The summed E-state index contributed by atoms with van der Waals surface area (Å²) in [5, 5.41) is 8.64. The van der Waals surface area contributed by atoms with Gasteiger partial charge < -0.3 is 24.1 Å². The third kappa shape index (κ3) is 5.16. The number of carboxylic acid groups (broad SMARTS) is 1. The average molecular weight is 411 g/mol. The highest BCUT2D eigenvalue weighted by molar-refractivity contribution is 6.13. The van der Waals surface area contributed by atoms with E-state index in [4.69, 9.17) is 24.1 Å². The number of rotatable bonds is 9. The van der Waals surface area contributed by atoms with Crippen LogP contribution in [0.15, 0.2) is 53.2 Å². The van der Waals surface area contributed by atoms with Crippen molar-refractivity contribution in [2.75, 3.05) is 19.8 Å². The molecule has 0 bridgehead atoms. The van der Waals surface area contributed by atoms with E-state index in [9.17, 15) is 9.59 Å². The van der Waals surface area contributed by atoms with Crippen LogP contribution < -0.4 is 14.2 Å². The maximum absolute atomic E-state index is 12.2. The lowest BCUT2D eigenvalue weighted by molar-refractivity contribution is -0.139. The van der Waals surface area contributed by atoms with E-state index in [1.54, 1.807) is 48.5 Å². The second-order valence-electron chi connectivity index (χ2n) is 6.12. The number of carboxylic acids is 1. The molecule has 0 saturated carbocycles. The van der Waals surface area contributed by atoms with Crippen LogP contribution in [0.1, 0.15) is 25.0 Å². The van der Waals surface area contributed by atoms with Gasteiger partial charge in [-0.3, -0.25) is 0 Å². The van der Waals surface area contributed by atoms with Crippen molar-refractivity contribution in [3.05, 3.63) is 59.3 Å². The minimum absolute atomic E-state index is 0.149. The molecule has 2 aromatic rings. The van der Waals surface area contributed by atoms with E-state index >= 15 is 0 Å². The summed E-state index contributed by atoms with van der Waals surface area (Å²) < 4.78 is 21.5. The van der Waals surface area contributed by atoms with Gasteiger partial charge in [-0.2, -0.15) is 0 Å². The lowest BCUT2D eigenvalue weighted by atomic mass is 10.2. The molecule has 2 aromatic carbocycles. The van der Waals surface area contributed by atoms with Crippen molar-refractivity contribution in [3.63, 3.8) is 0 Å². The Bertz CT molecular complexity index is 993. The highest BCUT2D eigenvalue weighted by Gasteiger charge is 2.25. The first-order valence-corrected chi connectivity index (χ1v) is 9.37. The lowest BCUT2D eigenvalue weighted by Crippen LogP contribution is -2.09. The lowest BCUT2D eigenvalue weighted by Gasteiger charge is -2.11. The summed E-state index contributed by atoms with van der Waals surface area (Å²) in [4.78, 5) is 27.1. The largest absolute Gasteiger partial charge is 0.490 e. The molecule has 156 valence electrons. The van der Waals surface area contributed by atoms with Crippen LogP contribution in [0.4, 0.5) is 0 Å². The number of cyclic esters (lactones) is 1. The van der Waals surface area contributed by atoms with E-state index in [1.165, 1.54) is 0 Å². The van der Waals surface area contributed by atoms with Crippen molar-refractivity contribution < 1.29 is 33.6 Å².